The Labute approximate surface area is 122 Å². The molecule has 0 aromatic heterocycles. The lowest BCUT2D eigenvalue weighted by atomic mass is 10.3. The molecule has 0 unspecified atom stereocenters. The maximum atomic E-state index is 13.5. The molecule has 0 amide bonds. The third-order valence-electron chi connectivity index (χ3n) is 2.45. The molecule has 0 atom stereocenters. The van der Waals surface area contributed by atoms with Crippen molar-refractivity contribution in [3.8, 4) is 0 Å². The van der Waals surface area contributed by atoms with Crippen LogP contribution >= 0.6 is 15.9 Å². The minimum atomic E-state index is -4.10. The van der Waals surface area contributed by atoms with E-state index < -0.39 is 21.7 Å². The lowest BCUT2D eigenvalue weighted by Gasteiger charge is -2.10. The second kappa shape index (κ2) is 5.37. The fourth-order valence-corrected chi connectivity index (χ4v) is 2.89. The summed E-state index contributed by atoms with van der Waals surface area (Å²) in [5.41, 5.74) is 4.86. The van der Waals surface area contributed by atoms with Gasteiger partial charge in [-0.1, -0.05) is 15.9 Å². The molecule has 0 fully saturated rings. The summed E-state index contributed by atoms with van der Waals surface area (Å²) in [5, 5.41) is 0. The fraction of sp³-hybridized carbons (Fsp3) is 0. The molecule has 0 radical (unpaired) electrons. The second-order valence-corrected chi connectivity index (χ2v) is 6.51. The van der Waals surface area contributed by atoms with Gasteiger partial charge < -0.3 is 5.73 Å². The number of rotatable bonds is 3. The molecule has 2 rings (SSSR count). The molecule has 0 spiro atoms. The number of benzene rings is 2. The first-order chi connectivity index (χ1) is 9.29. The molecular weight excluding hydrogens is 354 g/mol. The minimum absolute atomic E-state index is 0.169. The van der Waals surface area contributed by atoms with Gasteiger partial charge in [0.25, 0.3) is 10.0 Å². The van der Waals surface area contributed by atoms with E-state index in [9.17, 15) is 17.2 Å². The van der Waals surface area contributed by atoms with Crippen LogP contribution in [0.5, 0.6) is 0 Å². The SMILES string of the molecule is Nc1ccc(S(=O)(=O)Nc2cc(Br)ccc2F)cc1F. The largest absolute Gasteiger partial charge is 0.396 e. The van der Waals surface area contributed by atoms with Gasteiger partial charge in [-0.2, -0.15) is 0 Å². The number of sulfonamides is 1. The molecular formula is C12H9BrF2N2O2S. The Morgan fingerprint density at radius 1 is 1.05 bits per heavy atom. The van der Waals surface area contributed by atoms with Gasteiger partial charge in [-0.05, 0) is 36.4 Å². The van der Waals surface area contributed by atoms with Crippen LogP contribution in [0, 0.1) is 11.6 Å². The molecule has 20 heavy (non-hydrogen) atoms. The van der Waals surface area contributed by atoms with E-state index in [1.54, 1.807) is 0 Å². The van der Waals surface area contributed by atoms with Crippen LogP contribution < -0.4 is 10.5 Å². The van der Waals surface area contributed by atoms with Crippen LogP contribution in [0.15, 0.2) is 45.8 Å². The van der Waals surface area contributed by atoms with Crippen molar-refractivity contribution in [1.29, 1.82) is 0 Å². The summed E-state index contributed by atoms with van der Waals surface area (Å²) in [6.07, 6.45) is 0. The zero-order chi connectivity index (χ0) is 14.9. The van der Waals surface area contributed by atoms with Crippen LogP contribution in [0.4, 0.5) is 20.2 Å². The summed E-state index contributed by atoms with van der Waals surface area (Å²) in [7, 11) is -4.10. The van der Waals surface area contributed by atoms with E-state index in [1.165, 1.54) is 12.1 Å². The lowest BCUT2D eigenvalue weighted by molar-refractivity contribution is 0.594. The van der Waals surface area contributed by atoms with Gasteiger partial charge in [-0.25, -0.2) is 17.2 Å². The standard InChI is InChI=1S/C12H9BrF2N2O2S/c13-7-1-3-9(14)12(5-7)17-20(18,19)8-2-4-11(16)10(15)6-8/h1-6,17H,16H2. The van der Waals surface area contributed by atoms with E-state index in [2.05, 4.69) is 20.7 Å². The highest BCUT2D eigenvalue weighted by molar-refractivity contribution is 9.10. The van der Waals surface area contributed by atoms with Gasteiger partial charge in [-0.15, -0.1) is 0 Å². The first-order valence-electron chi connectivity index (χ1n) is 5.32. The highest BCUT2D eigenvalue weighted by Crippen LogP contribution is 2.24. The molecule has 106 valence electrons. The van der Waals surface area contributed by atoms with Crippen molar-refractivity contribution in [3.63, 3.8) is 0 Å². The van der Waals surface area contributed by atoms with E-state index >= 15 is 0 Å². The summed E-state index contributed by atoms with van der Waals surface area (Å²) in [6.45, 7) is 0. The van der Waals surface area contributed by atoms with E-state index in [-0.39, 0.29) is 16.3 Å². The monoisotopic (exact) mass is 362 g/mol. The molecule has 2 aromatic rings. The Kier molecular flexibility index (Phi) is 3.96. The predicted octanol–water partition coefficient (Wildman–Crippen LogP) is 3.11. The van der Waals surface area contributed by atoms with Crippen molar-refractivity contribution in [2.24, 2.45) is 0 Å². The van der Waals surface area contributed by atoms with Crippen molar-refractivity contribution < 1.29 is 17.2 Å². The molecule has 8 heteroatoms. The Bertz CT molecular complexity index is 766. The van der Waals surface area contributed by atoms with Gasteiger partial charge in [0.2, 0.25) is 0 Å². The van der Waals surface area contributed by atoms with E-state index in [4.69, 9.17) is 5.73 Å². The number of halogens is 3. The van der Waals surface area contributed by atoms with Gasteiger partial charge in [0.1, 0.15) is 11.6 Å². The topological polar surface area (TPSA) is 72.2 Å². The number of nitrogens with two attached hydrogens (primary N) is 1. The predicted molar refractivity (Wildman–Crippen MR) is 75.7 cm³/mol. The van der Waals surface area contributed by atoms with E-state index in [0.29, 0.717) is 4.47 Å². The molecule has 0 saturated heterocycles. The third-order valence-corrected chi connectivity index (χ3v) is 4.31. The van der Waals surface area contributed by atoms with Crippen LogP contribution in [-0.2, 0) is 10.0 Å². The van der Waals surface area contributed by atoms with Gasteiger partial charge in [0.15, 0.2) is 0 Å². The first kappa shape index (κ1) is 14.7. The quantitative estimate of drug-likeness (QED) is 0.824. The van der Waals surface area contributed by atoms with Crippen LogP contribution in [-0.4, -0.2) is 8.42 Å². The molecule has 0 aliphatic heterocycles. The van der Waals surface area contributed by atoms with Gasteiger partial charge >= 0.3 is 0 Å². The lowest BCUT2D eigenvalue weighted by Crippen LogP contribution is -2.14. The molecule has 0 aliphatic rings. The average Bonchev–Trinajstić information content (AvgIpc) is 2.36. The van der Waals surface area contributed by atoms with E-state index in [0.717, 1.165) is 24.3 Å². The molecule has 0 aliphatic carbocycles. The first-order valence-corrected chi connectivity index (χ1v) is 7.60. The van der Waals surface area contributed by atoms with Gasteiger partial charge in [0.05, 0.1) is 16.3 Å². The number of anilines is 2. The normalized spacial score (nSPS) is 11.3. The highest BCUT2D eigenvalue weighted by Gasteiger charge is 2.18. The van der Waals surface area contributed by atoms with Crippen molar-refractivity contribution in [2.45, 2.75) is 4.90 Å². The molecule has 0 heterocycles. The van der Waals surface area contributed by atoms with Crippen molar-refractivity contribution in [1.82, 2.24) is 0 Å². The summed E-state index contributed by atoms with van der Waals surface area (Å²) >= 11 is 3.10. The number of hydrogen-bond acceptors (Lipinski definition) is 3. The summed E-state index contributed by atoms with van der Waals surface area (Å²) in [5.74, 6) is -1.60. The zero-order valence-corrected chi connectivity index (χ0v) is 12.3. The fourth-order valence-electron chi connectivity index (χ4n) is 1.45. The number of nitrogen functional groups attached to an aromatic ring is 1. The minimum Gasteiger partial charge on any atom is -0.396 e. The summed E-state index contributed by atoms with van der Waals surface area (Å²) in [6, 6.07) is 6.83. The van der Waals surface area contributed by atoms with Crippen molar-refractivity contribution in [3.05, 3.63) is 52.5 Å². The molecule has 3 N–H and O–H groups in total. The van der Waals surface area contributed by atoms with E-state index in [1.807, 2.05) is 0 Å². The maximum Gasteiger partial charge on any atom is 0.262 e. The zero-order valence-electron chi connectivity index (χ0n) is 9.90. The van der Waals surface area contributed by atoms with Gasteiger partial charge in [-0.3, -0.25) is 4.72 Å². The van der Waals surface area contributed by atoms with Crippen LogP contribution in [0.25, 0.3) is 0 Å². The third kappa shape index (κ3) is 3.07. The van der Waals surface area contributed by atoms with Crippen molar-refractivity contribution in [2.75, 3.05) is 10.5 Å². The smallest absolute Gasteiger partial charge is 0.262 e. The van der Waals surface area contributed by atoms with Crippen LogP contribution in [0.1, 0.15) is 0 Å². The van der Waals surface area contributed by atoms with Crippen LogP contribution in [0.3, 0.4) is 0 Å². The Morgan fingerprint density at radius 2 is 1.75 bits per heavy atom. The maximum absolute atomic E-state index is 13.5. The van der Waals surface area contributed by atoms with Crippen molar-refractivity contribution >= 4 is 37.3 Å². The Morgan fingerprint density at radius 3 is 2.40 bits per heavy atom. The molecule has 2 aromatic carbocycles. The Balaban J connectivity index is 2.40. The molecule has 4 nitrogen and oxygen atoms in total. The van der Waals surface area contributed by atoms with Crippen LogP contribution in [0.2, 0.25) is 0 Å². The summed E-state index contributed by atoms with van der Waals surface area (Å²) < 4.78 is 53.4. The molecule has 0 saturated carbocycles. The number of hydrogen-bond donors (Lipinski definition) is 2. The number of nitrogens with one attached hydrogen (secondary N) is 1. The molecule has 0 bridgehead atoms. The summed E-state index contributed by atoms with van der Waals surface area (Å²) in [4.78, 5) is -0.344. The highest BCUT2D eigenvalue weighted by atomic mass is 79.9. The average molecular weight is 363 g/mol. The van der Waals surface area contributed by atoms with Gasteiger partial charge in [0, 0.05) is 4.47 Å². The Hall–Kier alpha value is -1.67. The second-order valence-electron chi connectivity index (χ2n) is 3.91.